The maximum absolute atomic E-state index is 10.8. The van der Waals surface area contributed by atoms with Crippen LogP contribution in [0.1, 0.15) is 0 Å². The summed E-state index contributed by atoms with van der Waals surface area (Å²) >= 11 is 0. The van der Waals surface area contributed by atoms with E-state index >= 15 is 0 Å². The summed E-state index contributed by atoms with van der Waals surface area (Å²) in [6.07, 6.45) is -8.32. The van der Waals surface area contributed by atoms with E-state index in [9.17, 15) is 28.0 Å². The van der Waals surface area contributed by atoms with Crippen LogP contribution in [0.2, 0.25) is 0 Å². The first kappa shape index (κ1) is 16.2. The molecule has 11 heteroatoms. The van der Waals surface area contributed by atoms with Crippen LogP contribution in [0.5, 0.6) is 0 Å². The van der Waals surface area contributed by atoms with Crippen LogP contribution in [0.15, 0.2) is 0 Å². The van der Waals surface area contributed by atoms with Crippen LogP contribution in [0.25, 0.3) is 0 Å². The van der Waals surface area contributed by atoms with E-state index in [-0.39, 0.29) is 0 Å². The molecule has 1 aliphatic heterocycles. The molecular formula is C8H12O10S-2. The largest absolute Gasteiger partial charge is 0.726 e. The number of carboxylic acids is 1. The normalized spacial score (nSPS) is 36.1. The van der Waals surface area contributed by atoms with Gasteiger partial charge in [-0.05, 0) is 0 Å². The van der Waals surface area contributed by atoms with E-state index in [1.54, 1.807) is 0 Å². The van der Waals surface area contributed by atoms with Crippen LogP contribution in [0.4, 0.5) is 0 Å². The van der Waals surface area contributed by atoms with Gasteiger partial charge >= 0.3 is 0 Å². The molecule has 5 atom stereocenters. The zero-order valence-electron chi connectivity index (χ0n) is 9.92. The Bertz CT molecular complexity index is 419. The molecule has 0 aliphatic carbocycles. The van der Waals surface area contributed by atoms with Crippen molar-refractivity contribution in [2.45, 2.75) is 30.7 Å². The molecule has 0 aromatic heterocycles. The lowest BCUT2D eigenvalue weighted by Crippen LogP contribution is -2.63. The summed E-state index contributed by atoms with van der Waals surface area (Å²) in [5.74, 6) is -1.70. The minimum absolute atomic E-state index is 1.05. The standard InChI is InChI=1S/C8H14O10S/c1-15-4-3(9)5(18-19(12,13)14)8(16-2)17-6(4)7(10)11/h3-6,8-9H,1-2H3,(H,10,11)(H,12,13,14)/p-2/t3-,4+,5?,6?,8-/m1/s1. The van der Waals surface area contributed by atoms with E-state index in [1.165, 1.54) is 0 Å². The summed E-state index contributed by atoms with van der Waals surface area (Å²) in [7, 11) is -3.05. The Morgan fingerprint density at radius 2 is 1.84 bits per heavy atom. The van der Waals surface area contributed by atoms with E-state index in [0.29, 0.717) is 0 Å². The number of aliphatic hydroxyl groups is 1. The third-order valence-electron chi connectivity index (χ3n) is 2.49. The first-order valence-electron chi connectivity index (χ1n) is 4.95. The van der Waals surface area contributed by atoms with Crippen molar-refractivity contribution >= 4 is 16.4 Å². The molecule has 0 aromatic rings. The van der Waals surface area contributed by atoms with Gasteiger partial charge in [0, 0.05) is 14.2 Å². The molecule has 1 N–H and O–H groups in total. The SMILES string of the molecule is CO[C@@H]1OC(C(=O)[O-])[C@@H](OC)[C@@H](O)C1OS(=O)(=O)[O-]. The Morgan fingerprint density at radius 3 is 2.21 bits per heavy atom. The van der Waals surface area contributed by atoms with E-state index in [0.717, 1.165) is 14.2 Å². The van der Waals surface area contributed by atoms with Gasteiger partial charge in [0.25, 0.3) is 0 Å². The summed E-state index contributed by atoms with van der Waals surface area (Å²) in [5, 5.41) is 20.6. The third-order valence-corrected chi connectivity index (χ3v) is 2.94. The zero-order chi connectivity index (χ0) is 14.8. The molecule has 1 rings (SSSR count). The molecule has 0 saturated carbocycles. The first-order valence-corrected chi connectivity index (χ1v) is 6.28. The number of aliphatic carboxylic acids is 1. The molecule has 0 amide bonds. The number of rotatable bonds is 5. The van der Waals surface area contributed by atoms with Gasteiger partial charge in [0.1, 0.15) is 18.3 Å². The average Bonchev–Trinajstić information content (AvgIpc) is 2.29. The first-order chi connectivity index (χ1) is 8.71. The van der Waals surface area contributed by atoms with E-state index in [4.69, 9.17) is 4.74 Å². The predicted octanol–water partition coefficient (Wildman–Crippen LogP) is -3.67. The molecule has 19 heavy (non-hydrogen) atoms. The summed E-state index contributed by atoms with van der Waals surface area (Å²) in [6.45, 7) is 0. The van der Waals surface area contributed by atoms with Gasteiger partial charge in [0.2, 0.25) is 10.4 Å². The summed E-state index contributed by atoms with van der Waals surface area (Å²) in [6, 6.07) is 0. The van der Waals surface area contributed by atoms with Crippen molar-refractivity contribution in [2.75, 3.05) is 14.2 Å². The summed E-state index contributed by atoms with van der Waals surface area (Å²) < 4.78 is 49.9. The molecule has 1 saturated heterocycles. The molecule has 1 fully saturated rings. The van der Waals surface area contributed by atoms with Crippen LogP contribution in [0.3, 0.4) is 0 Å². The number of carbonyl (C=O) groups excluding carboxylic acids is 1. The fourth-order valence-electron chi connectivity index (χ4n) is 1.71. The van der Waals surface area contributed by atoms with Crippen molar-refractivity contribution in [3.05, 3.63) is 0 Å². The highest BCUT2D eigenvalue weighted by atomic mass is 32.3. The predicted molar refractivity (Wildman–Crippen MR) is 52.1 cm³/mol. The monoisotopic (exact) mass is 300 g/mol. The Kier molecular flexibility index (Phi) is 5.20. The van der Waals surface area contributed by atoms with Crippen LogP contribution in [-0.2, 0) is 33.6 Å². The Labute approximate surface area is 108 Å². The molecule has 112 valence electrons. The highest BCUT2D eigenvalue weighted by Crippen LogP contribution is 2.26. The maximum atomic E-state index is 10.8. The third kappa shape index (κ3) is 3.82. The van der Waals surface area contributed by atoms with E-state index in [2.05, 4.69) is 13.7 Å². The Hall–Kier alpha value is -0.820. The van der Waals surface area contributed by atoms with Crippen LogP contribution in [-0.4, -0.2) is 69.0 Å². The van der Waals surface area contributed by atoms with E-state index in [1.807, 2.05) is 0 Å². The van der Waals surface area contributed by atoms with Crippen LogP contribution >= 0.6 is 0 Å². The van der Waals surface area contributed by atoms with Crippen molar-refractivity contribution in [1.29, 1.82) is 0 Å². The fourth-order valence-corrected chi connectivity index (χ4v) is 2.18. The van der Waals surface area contributed by atoms with Gasteiger partial charge in [-0.1, -0.05) is 0 Å². The lowest BCUT2D eigenvalue weighted by molar-refractivity contribution is -0.347. The minimum Gasteiger partial charge on any atom is -0.726 e. The number of ether oxygens (including phenoxy) is 3. The van der Waals surface area contributed by atoms with Gasteiger partial charge in [-0.2, -0.15) is 0 Å². The molecule has 10 nitrogen and oxygen atoms in total. The van der Waals surface area contributed by atoms with E-state index < -0.39 is 47.1 Å². The molecule has 1 aliphatic rings. The van der Waals surface area contributed by atoms with Crippen molar-refractivity contribution in [1.82, 2.24) is 0 Å². The van der Waals surface area contributed by atoms with Gasteiger partial charge in [-0.3, -0.25) is 4.18 Å². The van der Waals surface area contributed by atoms with Crippen LogP contribution < -0.4 is 5.11 Å². The smallest absolute Gasteiger partial charge is 0.218 e. The molecule has 0 radical (unpaired) electrons. The Morgan fingerprint density at radius 1 is 1.26 bits per heavy atom. The fraction of sp³-hybridized carbons (Fsp3) is 0.875. The van der Waals surface area contributed by atoms with Crippen molar-refractivity contribution in [2.24, 2.45) is 0 Å². The topological polar surface area (TPSA) is 154 Å². The lowest BCUT2D eigenvalue weighted by atomic mass is 9.99. The molecule has 0 aromatic carbocycles. The molecule has 2 unspecified atom stereocenters. The van der Waals surface area contributed by atoms with Crippen LogP contribution in [0, 0.1) is 0 Å². The van der Waals surface area contributed by atoms with Gasteiger partial charge in [0.15, 0.2) is 12.4 Å². The highest BCUT2D eigenvalue weighted by molar-refractivity contribution is 7.80. The van der Waals surface area contributed by atoms with Gasteiger partial charge in [-0.15, -0.1) is 0 Å². The minimum atomic E-state index is -5.16. The van der Waals surface area contributed by atoms with Gasteiger partial charge in [0.05, 0.1) is 5.97 Å². The second-order valence-corrected chi connectivity index (χ2v) is 4.65. The number of methoxy groups -OCH3 is 2. The summed E-state index contributed by atoms with van der Waals surface area (Å²) in [5.41, 5.74) is 0. The number of hydrogen-bond acceptors (Lipinski definition) is 10. The molecule has 1 heterocycles. The molecule has 0 bridgehead atoms. The van der Waals surface area contributed by atoms with Gasteiger partial charge < -0.3 is 33.8 Å². The highest BCUT2D eigenvalue weighted by Gasteiger charge is 2.48. The molecular weight excluding hydrogens is 288 g/mol. The average molecular weight is 300 g/mol. The second-order valence-electron chi connectivity index (χ2n) is 3.64. The maximum Gasteiger partial charge on any atom is 0.218 e. The molecule has 0 spiro atoms. The van der Waals surface area contributed by atoms with Crippen molar-refractivity contribution in [3.8, 4) is 0 Å². The summed E-state index contributed by atoms with van der Waals surface area (Å²) in [4.78, 5) is 10.8. The number of carboxylic acid groups (broad SMARTS) is 1. The number of aliphatic hydroxyl groups excluding tert-OH is 1. The zero-order valence-corrected chi connectivity index (χ0v) is 10.7. The Balaban J connectivity index is 3.02. The second kappa shape index (κ2) is 6.09. The van der Waals surface area contributed by atoms with Crippen molar-refractivity contribution in [3.63, 3.8) is 0 Å². The number of hydrogen-bond donors (Lipinski definition) is 1. The van der Waals surface area contributed by atoms with Gasteiger partial charge in [-0.25, -0.2) is 8.42 Å². The van der Waals surface area contributed by atoms with Crippen molar-refractivity contribution < 1.29 is 46.4 Å². The quantitative estimate of drug-likeness (QED) is 0.396. The lowest BCUT2D eigenvalue weighted by Gasteiger charge is -2.43. The number of carbonyl (C=O) groups is 1.